The Kier molecular flexibility index (Phi) is 2.38. The Bertz CT molecular complexity index is 271. The second-order valence-electron chi connectivity index (χ2n) is 7.86. The van der Waals surface area contributed by atoms with Crippen molar-refractivity contribution in [3.05, 3.63) is 0 Å². The van der Waals surface area contributed by atoms with E-state index in [0.717, 1.165) is 36.1 Å². The molecule has 1 nitrogen and oxygen atoms in total. The van der Waals surface area contributed by atoms with E-state index in [1.807, 2.05) is 0 Å². The van der Waals surface area contributed by atoms with Crippen LogP contribution >= 0.6 is 0 Å². The number of hydrogen-bond donors (Lipinski definition) is 1. The third-order valence-corrected chi connectivity index (χ3v) is 6.94. The van der Waals surface area contributed by atoms with Crippen LogP contribution in [0.25, 0.3) is 0 Å². The quantitative estimate of drug-likeness (QED) is 0.792. The standard InChI is InChI=1S/C16H27N/c17-10-16(2-1-3-16)9-15-13-5-11-4-12(7-13)8-14(15)6-11/h11-15H,1-10,17H2. The molecule has 0 aromatic heterocycles. The van der Waals surface area contributed by atoms with E-state index in [9.17, 15) is 0 Å². The topological polar surface area (TPSA) is 26.0 Å². The zero-order valence-corrected chi connectivity index (χ0v) is 11.0. The minimum atomic E-state index is 0.597. The highest BCUT2D eigenvalue weighted by atomic mass is 14.6. The Hall–Kier alpha value is -0.0400. The van der Waals surface area contributed by atoms with Gasteiger partial charge in [-0.25, -0.2) is 0 Å². The van der Waals surface area contributed by atoms with E-state index in [2.05, 4.69) is 0 Å². The van der Waals surface area contributed by atoms with Crippen LogP contribution in [0.1, 0.15) is 57.8 Å². The van der Waals surface area contributed by atoms with Gasteiger partial charge in [0.1, 0.15) is 0 Å². The Morgan fingerprint density at radius 1 is 0.882 bits per heavy atom. The van der Waals surface area contributed by atoms with Gasteiger partial charge in [0.05, 0.1) is 0 Å². The molecule has 96 valence electrons. The zero-order valence-electron chi connectivity index (χ0n) is 11.0. The molecule has 2 N–H and O–H groups in total. The minimum Gasteiger partial charge on any atom is -0.330 e. The second-order valence-corrected chi connectivity index (χ2v) is 7.86. The van der Waals surface area contributed by atoms with Crippen LogP contribution in [-0.2, 0) is 0 Å². The highest BCUT2D eigenvalue weighted by Gasteiger charge is 2.50. The van der Waals surface area contributed by atoms with Gasteiger partial charge in [0.25, 0.3) is 0 Å². The summed E-state index contributed by atoms with van der Waals surface area (Å²) in [5.74, 6) is 5.55. The lowest BCUT2D eigenvalue weighted by molar-refractivity contribution is -0.0660. The smallest absolute Gasteiger partial charge is 0.00204 e. The van der Waals surface area contributed by atoms with E-state index in [4.69, 9.17) is 5.73 Å². The summed E-state index contributed by atoms with van der Waals surface area (Å²) in [5, 5.41) is 0. The molecule has 4 bridgehead atoms. The summed E-state index contributed by atoms with van der Waals surface area (Å²) in [6.45, 7) is 0.968. The first-order valence-corrected chi connectivity index (χ1v) is 7.98. The van der Waals surface area contributed by atoms with Crippen molar-refractivity contribution < 1.29 is 0 Å². The Morgan fingerprint density at radius 2 is 1.47 bits per heavy atom. The van der Waals surface area contributed by atoms with Gasteiger partial charge in [-0.2, -0.15) is 0 Å². The van der Waals surface area contributed by atoms with E-state index in [0.29, 0.717) is 5.41 Å². The summed E-state index contributed by atoms with van der Waals surface area (Å²) < 4.78 is 0. The summed E-state index contributed by atoms with van der Waals surface area (Å²) in [5.41, 5.74) is 6.67. The van der Waals surface area contributed by atoms with Gasteiger partial charge in [-0.3, -0.25) is 0 Å². The average Bonchev–Trinajstić information content (AvgIpc) is 2.25. The zero-order chi connectivity index (χ0) is 11.5. The monoisotopic (exact) mass is 233 g/mol. The van der Waals surface area contributed by atoms with Crippen molar-refractivity contribution in [2.24, 2.45) is 40.7 Å². The van der Waals surface area contributed by atoms with Crippen LogP contribution in [0.2, 0.25) is 0 Å². The molecule has 0 aromatic carbocycles. The third kappa shape index (κ3) is 1.61. The van der Waals surface area contributed by atoms with Gasteiger partial charge in [0, 0.05) is 0 Å². The Morgan fingerprint density at radius 3 is 1.88 bits per heavy atom. The van der Waals surface area contributed by atoms with Gasteiger partial charge in [0.15, 0.2) is 0 Å². The van der Waals surface area contributed by atoms with Crippen LogP contribution in [0.3, 0.4) is 0 Å². The molecule has 1 heteroatoms. The number of rotatable bonds is 3. The fourth-order valence-corrected chi connectivity index (χ4v) is 6.04. The van der Waals surface area contributed by atoms with Crippen molar-refractivity contribution in [3.63, 3.8) is 0 Å². The van der Waals surface area contributed by atoms with Crippen molar-refractivity contribution in [2.45, 2.75) is 57.8 Å². The number of hydrogen-bond acceptors (Lipinski definition) is 1. The second kappa shape index (κ2) is 3.73. The summed E-state index contributed by atoms with van der Waals surface area (Å²) in [6, 6.07) is 0. The van der Waals surface area contributed by atoms with Gasteiger partial charge in [-0.1, -0.05) is 6.42 Å². The number of nitrogens with two attached hydrogens (primary N) is 1. The molecule has 0 aromatic rings. The first kappa shape index (κ1) is 10.8. The van der Waals surface area contributed by atoms with Gasteiger partial charge < -0.3 is 5.73 Å². The average molecular weight is 233 g/mol. The van der Waals surface area contributed by atoms with E-state index < -0.39 is 0 Å². The summed E-state index contributed by atoms with van der Waals surface area (Å²) in [7, 11) is 0. The molecule has 0 unspecified atom stereocenters. The lowest BCUT2D eigenvalue weighted by Crippen LogP contribution is -2.49. The molecule has 0 aliphatic heterocycles. The molecule has 5 saturated carbocycles. The molecule has 5 rings (SSSR count). The van der Waals surface area contributed by atoms with Gasteiger partial charge in [-0.15, -0.1) is 0 Å². The van der Waals surface area contributed by atoms with Gasteiger partial charge in [-0.05, 0) is 92.9 Å². The molecule has 5 fully saturated rings. The molecule has 5 aliphatic rings. The first-order chi connectivity index (χ1) is 8.28. The van der Waals surface area contributed by atoms with Crippen molar-refractivity contribution >= 4 is 0 Å². The van der Waals surface area contributed by atoms with E-state index >= 15 is 0 Å². The molecular weight excluding hydrogens is 206 g/mol. The molecule has 0 heterocycles. The van der Waals surface area contributed by atoms with Gasteiger partial charge in [0.2, 0.25) is 0 Å². The summed E-state index contributed by atoms with van der Waals surface area (Å²) in [4.78, 5) is 0. The Balaban J connectivity index is 1.51. The highest BCUT2D eigenvalue weighted by molar-refractivity contribution is 5.01. The maximum atomic E-state index is 6.07. The third-order valence-electron chi connectivity index (χ3n) is 6.94. The first-order valence-electron chi connectivity index (χ1n) is 7.98. The highest BCUT2D eigenvalue weighted by Crippen LogP contribution is 2.60. The molecule has 0 spiro atoms. The van der Waals surface area contributed by atoms with E-state index in [1.165, 1.54) is 25.7 Å². The predicted octanol–water partition coefficient (Wildman–Crippen LogP) is 3.58. The van der Waals surface area contributed by atoms with Crippen LogP contribution < -0.4 is 5.73 Å². The summed E-state index contributed by atoms with van der Waals surface area (Å²) >= 11 is 0. The molecule has 0 atom stereocenters. The minimum absolute atomic E-state index is 0.597. The molecule has 0 saturated heterocycles. The fourth-order valence-electron chi connectivity index (χ4n) is 6.04. The van der Waals surface area contributed by atoms with Crippen molar-refractivity contribution in [1.29, 1.82) is 0 Å². The van der Waals surface area contributed by atoms with Crippen LogP contribution in [0.4, 0.5) is 0 Å². The molecule has 0 radical (unpaired) electrons. The lowest BCUT2D eigenvalue weighted by atomic mass is 9.48. The van der Waals surface area contributed by atoms with E-state index in [-0.39, 0.29) is 0 Å². The van der Waals surface area contributed by atoms with Crippen molar-refractivity contribution in [1.82, 2.24) is 0 Å². The van der Waals surface area contributed by atoms with Crippen LogP contribution in [0.5, 0.6) is 0 Å². The molecular formula is C16H27N. The largest absolute Gasteiger partial charge is 0.330 e. The normalized spacial score (nSPS) is 50.3. The summed E-state index contributed by atoms with van der Waals surface area (Å²) in [6.07, 6.45) is 13.7. The van der Waals surface area contributed by atoms with Crippen molar-refractivity contribution in [2.75, 3.05) is 6.54 Å². The van der Waals surface area contributed by atoms with Crippen LogP contribution in [0, 0.1) is 35.0 Å². The maximum Gasteiger partial charge on any atom is -0.00204 e. The fraction of sp³-hybridized carbons (Fsp3) is 1.00. The molecule has 5 aliphatic carbocycles. The van der Waals surface area contributed by atoms with Crippen LogP contribution in [-0.4, -0.2) is 6.54 Å². The van der Waals surface area contributed by atoms with E-state index in [1.54, 1.807) is 32.1 Å². The maximum absolute atomic E-state index is 6.07. The Labute approximate surface area is 106 Å². The SMILES string of the molecule is NCC1(CC2C3CC4CC(C3)CC2C4)CCC1. The van der Waals surface area contributed by atoms with Crippen LogP contribution in [0.15, 0.2) is 0 Å². The molecule has 17 heavy (non-hydrogen) atoms. The predicted molar refractivity (Wildman–Crippen MR) is 70.5 cm³/mol. The van der Waals surface area contributed by atoms with Gasteiger partial charge >= 0.3 is 0 Å². The molecule has 0 amide bonds. The lowest BCUT2D eigenvalue weighted by Gasteiger charge is -2.57. The van der Waals surface area contributed by atoms with Crippen molar-refractivity contribution in [3.8, 4) is 0 Å².